The third-order valence-corrected chi connectivity index (χ3v) is 4.97. The molecule has 1 aliphatic heterocycles. The summed E-state index contributed by atoms with van der Waals surface area (Å²) in [4.78, 5) is 14.6. The molecule has 0 aromatic heterocycles. The first-order chi connectivity index (χ1) is 12.2. The number of carbonyl (C=O) groups excluding carboxylic acids is 1. The van der Waals surface area contributed by atoms with Crippen LogP contribution in [-0.4, -0.2) is 31.0 Å². The van der Waals surface area contributed by atoms with Gasteiger partial charge in [0.2, 0.25) is 5.91 Å². The van der Waals surface area contributed by atoms with E-state index in [1.807, 2.05) is 30.3 Å². The van der Waals surface area contributed by atoms with E-state index in [1.165, 1.54) is 5.56 Å². The molecule has 0 spiro atoms. The van der Waals surface area contributed by atoms with Gasteiger partial charge in [-0.2, -0.15) is 0 Å². The minimum absolute atomic E-state index is 0.00604. The van der Waals surface area contributed by atoms with Crippen LogP contribution in [0, 0.1) is 0 Å². The third kappa shape index (κ3) is 4.53. The summed E-state index contributed by atoms with van der Waals surface area (Å²) in [6.07, 6.45) is 2.74. The summed E-state index contributed by atoms with van der Waals surface area (Å²) in [5.74, 6) is 0.862. The first-order valence-corrected chi connectivity index (χ1v) is 8.97. The largest absolute Gasteiger partial charge is 0.497 e. The quantitative estimate of drug-likeness (QED) is 0.825. The predicted molar refractivity (Wildman–Crippen MR) is 101 cm³/mol. The van der Waals surface area contributed by atoms with Crippen LogP contribution < -0.4 is 10.1 Å². The van der Waals surface area contributed by atoms with E-state index < -0.39 is 0 Å². The fraction of sp³-hybridized carbons (Fsp3) is 0.350. The smallest absolute Gasteiger partial charge is 0.225 e. The van der Waals surface area contributed by atoms with Crippen molar-refractivity contribution in [3.63, 3.8) is 0 Å². The predicted octanol–water partition coefficient (Wildman–Crippen LogP) is 4.51. The van der Waals surface area contributed by atoms with E-state index in [0.29, 0.717) is 23.2 Å². The topological polar surface area (TPSA) is 41.6 Å². The molecule has 3 rings (SSSR count). The molecule has 0 aliphatic carbocycles. The second-order valence-corrected chi connectivity index (χ2v) is 6.65. The van der Waals surface area contributed by atoms with Crippen molar-refractivity contribution in [2.75, 3.05) is 25.5 Å². The maximum absolute atomic E-state index is 12.2. The van der Waals surface area contributed by atoms with E-state index in [0.717, 1.165) is 31.7 Å². The average molecular weight is 359 g/mol. The molecule has 5 heteroatoms. The number of rotatable bonds is 6. The van der Waals surface area contributed by atoms with Crippen LogP contribution in [0.25, 0.3) is 0 Å². The number of benzene rings is 2. The van der Waals surface area contributed by atoms with Gasteiger partial charge in [0.15, 0.2) is 0 Å². The summed E-state index contributed by atoms with van der Waals surface area (Å²) in [6.45, 7) is 1.77. The summed E-state index contributed by atoms with van der Waals surface area (Å²) in [7, 11) is 1.68. The van der Waals surface area contributed by atoms with Gasteiger partial charge in [-0.25, -0.2) is 0 Å². The van der Waals surface area contributed by atoms with Gasteiger partial charge < -0.3 is 10.1 Å². The van der Waals surface area contributed by atoms with E-state index >= 15 is 0 Å². The highest BCUT2D eigenvalue weighted by Crippen LogP contribution is 2.32. The molecule has 2 aromatic rings. The molecule has 1 heterocycles. The number of halogens is 1. The Morgan fingerprint density at radius 2 is 2.00 bits per heavy atom. The number of hydrogen-bond acceptors (Lipinski definition) is 3. The van der Waals surface area contributed by atoms with Crippen molar-refractivity contribution in [2.24, 2.45) is 0 Å². The van der Waals surface area contributed by atoms with Crippen molar-refractivity contribution >= 4 is 23.2 Å². The standard InChI is InChI=1S/C20H23ClN2O2/c1-25-16-10-8-15(9-11-16)19-7-4-13-23(19)14-12-20(24)22-18-6-3-2-5-17(18)21/h2-3,5-6,8-11,19H,4,7,12-14H2,1H3,(H,22,24). The van der Waals surface area contributed by atoms with Crippen LogP contribution in [0.15, 0.2) is 48.5 Å². The number of para-hydroxylation sites is 1. The Balaban J connectivity index is 1.56. The number of carbonyl (C=O) groups is 1. The van der Waals surface area contributed by atoms with Gasteiger partial charge in [0, 0.05) is 19.0 Å². The zero-order valence-corrected chi connectivity index (χ0v) is 15.1. The third-order valence-electron chi connectivity index (χ3n) is 4.64. The van der Waals surface area contributed by atoms with Gasteiger partial charge in [-0.3, -0.25) is 9.69 Å². The van der Waals surface area contributed by atoms with Gasteiger partial charge in [0.05, 0.1) is 17.8 Å². The van der Waals surface area contributed by atoms with Gasteiger partial charge in [-0.1, -0.05) is 35.9 Å². The van der Waals surface area contributed by atoms with Crippen LogP contribution in [0.4, 0.5) is 5.69 Å². The molecule has 1 aliphatic rings. The number of nitrogens with zero attached hydrogens (tertiary/aromatic N) is 1. The first-order valence-electron chi connectivity index (χ1n) is 8.60. The summed E-state index contributed by atoms with van der Waals surface area (Å²) >= 11 is 6.09. The number of amides is 1. The van der Waals surface area contributed by atoms with Gasteiger partial charge >= 0.3 is 0 Å². The zero-order chi connectivity index (χ0) is 17.6. The Morgan fingerprint density at radius 1 is 1.24 bits per heavy atom. The summed E-state index contributed by atoms with van der Waals surface area (Å²) in [5.41, 5.74) is 1.95. The number of likely N-dealkylation sites (tertiary alicyclic amines) is 1. The highest BCUT2D eigenvalue weighted by molar-refractivity contribution is 6.33. The Bertz CT molecular complexity index is 718. The second-order valence-electron chi connectivity index (χ2n) is 6.25. The normalized spacial score (nSPS) is 17.4. The van der Waals surface area contributed by atoms with E-state index in [1.54, 1.807) is 13.2 Å². The zero-order valence-electron chi connectivity index (χ0n) is 14.4. The molecule has 25 heavy (non-hydrogen) atoms. The molecule has 1 fully saturated rings. The minimum atomic E-state index is -0.00604. The molecule has 1 amide bonds. The lowest BCUT2D eigenvalue weighted by molar-refractivity contribution is -0.116. The Morgan fingerprint density at radius 3 is 2.72 bits per heavy atom. The molecule has 0 bridgehead atoms. The van der Waals surface area contributed by atoms with Crippen molar-refractivity contribution in [3.05, 3.63) is 59.1 Å². The molecule has 1 atom stereocenters. The maximum atomic E-state index is 12.2. The van der Waals surface area contributed by atoms with E-state index in [2.05, 4.69) is 22.3 Å². The van der Waals surface area contributed by atoms with Crippen LogP contribution in [-0.2, 0) is 4.79 Å². The van der Waals surface area contributed by atoms with Gasteiger partial charge in [-0.15, -0.1) is 0 Å². The Hall–Kier alpha value is -2.04. The van der Waals surface area contributed by atoms with Crippen molar-refractivity contribution in [2.45, 2.75) is 25.3 Å². The van der Waals surface area contributed by atoms with Crippen LogP contribution in [0.5, 0.6) is 5.75 Å². The number of nitrogens with one attached hydrogen (secondary N) is 1. The summed E-state index contributed by atoms with van der Waals surface area (Å²) in [5, 5.41) is 3.45. The monoisotopic (exact) mass is 358 g/mol. The van der Waals surface area contributed by atoms with Crippen molar-refractivity contribution < 1.29 is 9.53 Å². The van der Waals surface area contributed by atoms with Crippen LogP contribution >= 0.6 is 11.6 Å². The highest BCUT2D eigenvalue weighted by Gasteiger charge is 2.26. The highest BCUT2D eigenvalue weighted by atomic mass is 35.5. The molecule has 4 nitrogen and oxygen atoms in total. The Labute approximate surface area is 153 Å². The van der Waals surface area contributed by atoms with Crippen LogP contribution in [0.3, 0.4) is 0 Å². The lowest BCUT2D eigenvalue weighted by Gasteiger charge is -2.24. The number of anilines is 1. The number of methoxy groups -OCH3 is 1. The molecule has 0 saturated carbocycles. The van der Waals surface area contributed by atoms with Crippen LogP contribution in [0.1, 0.15) is 30.9 Å². The second kappa shape index (κ2) is 8.37. The molecule has 1 unspecified atom stereocenters. The van der Waals surface area contributed by atoms with E-state index in [9.17, 15) is 4.79 Å². The molecule has 1 saturated heterocycles. The van der Waals surface area contributed by atoms with Crippen LogP contribution in [0.2, 0.25) is 5.02 Å². The number of hydrogen-bond donors (Lipinski definition) is 1. The lowest BCUT2D eigenvalue weighted by atomic mass is 10.0. The summed E-state index contributed by atoms with van der Waals surface area (Å²) in [6, 6.07) is 15.9. The fourth-order valence-corrected chi connectivity index (χ4v) is 3.50. The maximum Gasteiger partial charge on any atom is 0.225 e. The van der Waals surface area contributed by atoms with E-state index in [-0.39, 0.29) is 5.91 Å². The molecule has 132 valence electrons. The summed E-state index contributed by atoms with van der Waals surface area (Å²) < 4.78 is 5.23. The van der Waals surface area contributed by atoms with Gasteiger partial charge in [0.25, 0.3) is 0 Å². The molecule has 2 aromatic carbocycles. The van der Waals surface area contributed by atoms with E-state index in [4.69, 9.17) is 16.3 Å². The first kappa shape index (κ1) is 17.8. The van der Waals surface area contributed by atoms with Crippen molar-refractivity contribution in [3.8, 4) is 5.75 Å². The van der Waals surface area contributed by atoms with Crippen molar-refractivity contribution in [1.82, 2.24) is 4.90 Å². The SMILES string of the molecule is COc1ccc(C2CCCN2CCC(=O)Nc2ccccc2Cl)cc1. The fourth-order valence-electron chi connectivity index (χ4n) is 3.32. The van der Waals surface area contributed by atoms with Gasteiger partial charge in [0.1, 0.15) is 5.75 Å². The average Bonchev–Trinajstić information content (AvgIpc) is 3.10. The molecule has 1 N–H and O–H groups in total. The number of ether oxygens (including phenoxy) is 1. The minimum Gasteiger partial charge on any atom is -0.497 e. The Kier molecular flexibility index (Phi) is 5.95. The molecular formula is C20H23ClN2O2. The van der Waals surface area contributed by atoms with Gasteiger partial charge in [-0.05, 0) is 49.2 Å². The van der Waals surface area contributed by atoms with Crippen molar-refractivity contribution in [1.29, 1.82) is 0 Å². The lowest BCUT2D eigenvalue weighted by Crippen LogP contribution is -2.27. The molecular weight excluding hydrogens is 336 g/mol. The molecule has 0 radical (unpaired) electrons.